The topological polar surface area (TPSA) is 55.1 Å². The van der Waals surface area contributed by atoms with E-state index in [1.165, 1.54) is 0 Å². The average molecular weight is 247 g/mol. The molecule has 1 N–H and O–H groups in total. The van der Waals surface area contributed by atoms with Crippen LogP contribution in [0.3, 0.4) is 0 Å². The molecule has 5 nitrogen and oxygen atoms in total. The minimum atomic E-state index is 0.534. The summed E-state index contributed by atoms with van der Waals surface area (Å²) in [6, 6.07) is 2.60. The van der Waals surface area contributed by atoms with Gasteiger partial charge in [0, 0.05) is 23.9 Å². The first-order valence-corrected chi connectivity index (χ1v) is 6.49. The number of nitrogens with one attached hydrogen (secondary N) is 1. The van der Waals surface area contributed by atoms with Crippen molar-refractivity contribution in [3.8, 4) is 0 Å². The molecule has 2 rings (SSSR count). The number of hydrogen-bond acceptors (Lipinski definition) is 4. The van der Waals surface area contributed by atoms with Crippen molar-refractivity contribution in [2.24, 2.45) is 0 Å². The molecule has 0 radical (unpaired) electrons. The van der Waals surface area contributed by atoms with E-state index < -0.39 is 0 Å². The molecule has 0 bridgehead atoms. The molecule has 0 saturated carbocycles. The van der Waals surface area contributed by atoms with E-state index in [4.69, 9.17) is 0 Å². The lowest BCUT2D eigenvalue weighted by atomic mass is 10.2. The first kappa shape index (κ1) is 13.0. The Kier molecular flexibility index (Phi) is 3.91. The fourth-order valence-corrected chi connectivity index (χ4v) is 2.10. The molecule has 0 amide bonds. The number of hydrogen-bond donors (Lipinski definition) is 1. The Hall–Kier alpha value is -1.49. The van der Waals surface area contributed by atoms with Crippen molar-refractivity contribution < 1.29 is 0 Å². The summed E-state index contributed by atoms with van der Waals surface area (Å²) in [5, 5.41) is 11.8. The van der Waals surface area contributed by atoms with Gasteiger partial charge in [0.25, 0.3) is 5.78 Å². The third-order valence-corrected chi connectivity index (χ3v) is 2.89. The Balaban J connectivity index is 2.10. The largest absolute Gasteiger partial charge is 0.315 e. The van der Waals surface area contributed by atoms with Crippen LogP contribution in [0.5, 0.6) is 0 Å². The predicted octanol–water partition coefficient (Wildman–Crippen LogP) is 1.67. The van der Waals surface area contributed by atoms with Crippen LogP contribution in [0.4, 0.5) is 0 Å². The fraction of sp³-hybridized carbons (Fsp3) is 0.615. The molecule has 5 heteroatoms. The third-order valence-electron chi connectivity index (χ3n) is 2.89. The van der Waals surface area contributed by atoms with Crippen molar-refractivity contribution in [2.45, 2.75) is 46.6 Å². The van der Waals surface area contributed by atoms with Crippen LogP contribution in [0.15, 0.2) is 6.07 Å². The number of nitrogens with zero attached hydrogens (tertiary/aromatic N) is 4. The van der Waals surface area contributed by atoms with Crippen molar-refractivity contribution in [3.05, 3.63) is 23.3 Å². The zero-order chi connectivity index (χ0) is 13.1. The Morgan fingerprint density at radius 3 is 2.78 bits per heavy atom. The maximum atomic E-state index is 4.39. The highest BCUT2D eigenvalue weighted by Gasteiger charge is 2.09. The van der Waals surface area contributed by atoms with E-state index in [1.54, 1.807) is 0 Å². The van der Waals surface area contributed by atoms with Gasteiger partial charge in [0.05, 0.1) is 0 Å². The number of aryl methyl sites for hydroxylation is 3. The van der Waals surface area contributed by atoms with Gasteiger partial charge in [0.2, 0.25) is 0 Å². The zero-order valence-electron chi connectivity index (χ0n) is 11.6. The van der Waals surface area contributed by atoms with Crippen LogP contribution in [0.2, 0.25) is 0 Å². The maximum Gasteiger partial charge on any atom is 0.255 e. The summed E-state index contributed by atoms with van der Waals surface area (Å²) in [6.07, 6.45) is 1.98. The Morgan fingerprint density at radius 1 is 1.28 bits per heavy atom. The van der Waals surface area contributed by atoms with Gasteiger partial charge in [-0.2, -0.15) is 0 Å². The molecule has 0 atom stereocenters. The standard InChI is InChI=1S/C13H21N5/c1-9(2)14-7-5-6-12-16-17-13-15-10(3)8-11(4)18(12)13/h8-9,14H,5-7H2,1-4H3. The van der Waals surface area contributed by atoms with Gasteiger partial charge in [-0.05, 0) is 32.9 Å². The third kappa shape index (κ3) is 2.85. The molecule has 0 unspecified atom stereocenters. The van der Waals surface area contributed by atoms with E-state index in [0.717, 1.165) is 36.6 Å². The molecule has 0 aliphatic heterocycles. The highest BCUT2D eigenvalue weighted by Crippen LogP contribution is 2.09. The molecule has 0 saturated heterocycles. The molecule has 0 aliphatic carbocycles. The van der Waals surface area contributed by atoms with Crippen molar-refractivity contribution in [3.63, 3.8) is 0 Å². The van der Waals surface area contributed by atoms with Crippen molar-refractivity contribution in [2.75, 3.05) is 6.54 Å². The lowest BCUT2D eigenvalue weighted by Crippen LogP contribution is -2.24. The van der Waals surface area contributed by atoms with Gasteiger partial charge in [-0.25, -0.2) is 4.98 Å². The van der Waals surface area contributed by atoms with Gasteiger partial charge in [0.1, 0.15) is 5.82 Å². The summed E-state index contributed by atoms with van der Waals surface area (Å²) >= 11 is 0. The number of rotatable bonds is 5. The molecule has 2 heterocycles. The maximum absolute atomic E-state index is 4.39. The van der Waals surface area contributed by atoms with E-state index in [9.17, 15) is 0 Å². The smallest absolute Gasteiger partial charge is 0.255 e. The molecule has 98 valence electrons. The number of aromatic nitrogens is 4. The highest BCUT2D eigenvalue weighted by atomic mass is 15.3. The minimum Gasteiger partial charge on any atom is -0.315 e. The van der Waals surface area contributed by atoms with Crippen LogP contribution < -0.4 is 5.32 Å². The molecule has 0 spiro atoms. The number of fused-ring (bicyclic) bond motifs is 1. The Morgan fingerprint density at radius 2 is 2.06 bits per heavy atom. The van der Waals surface area contributed by atoms with Crippen molar-refractivity contribution in [1.82, 2.24) is 24.9 Å². The van der Waals surface area contributed by atoms with Gasteiger partial charge in [-0.3, -0.25) is 4.40 Å². The van der Waals surface area contributed by atoms with Gasteiger partial charge in [0.15, 0.2) is 0 Å². The first-order chi connectivity index (χ1) is 8.58. The molecule has 0 aliphatic rings. The fourth-order valence-electron chi connectivity index (χ4n) is 2.10. The van der Waals surface area contributed by atoms with Gasteiger partial charge >= 0.3 is 0 Å². The normalized spacial score (nSPS) is 11.6. The van der Waals surface area contributed by atoms with Crippen molar-refractivity contribution >= 4 is 5.78 Å². The predicted molar refractivity (Wildman–Crippen MR) is 71.7 cm³/mol. The summed E-state index contributed by atoms with van der Waals surface area (Å²) in [7, 11) is 0. The minimum absolute atomic E-state index is 0.534. The van der Waals surface area contributed by atoms with E-state index >= 15 is 0 Å². The van der Waals surface area contributed by atoms with E-state index in [-0.39, 0.29) is 0 Å². The van der Waals surface area contributed by atoms with E-state index in [1.807, 2.05) is 11.3 Å². The summed E-state index contributed by atoms with van der Waals surface area (Å²) in [4.78, 5) is 4.39. The van der Waals surface area contributed by atoms with Crippen LogP contribution in [0.1, 0.15) is 37.5 Å². The quantitative estimate of drug-likeness (QED) is 0.817. The molecule has 0 fully saturated rings. The second-order valence-corrected chi connectivity index (χ2v) is 5.00. The Labute approximate surface area is 108 Å². The van der Waals surface area contributed by atoms with Gasteiger partial charge in [-0.15, -0.1) is 10.2 Å². The second kappa shape index (κ2) is 5.44. The molecule has 18 heavy (non-hydrogen) atoms. The monoisotopic (exact) mass is 247 g/mol. The van der Waals surface area contributed by atoms with Gasteiger partial charge < -0.3 is 5.32 Å². The molecule has 0 aromatic carbocycles. The highest BCUT2D eigenvalue weighted by molar-refractivity contribution is 5.32. The van der Waals surface area contributed by atoms with Crippen molar-refractivity contribution in [1.29, 1.82) is 0 Å². The van der Waals surface area contributed by atoms with Crippen LogP contribution in [-0.4, -0.2) is 32.2 Å². The summed E-state index contributed by atoms with van der Waals surface area (Å²) in [6.45, 7) is 9.37. The molecule has 2 aromatic rings. The van der Waals surface area contributed by atoms with Gasteiger partial charge in [-0.1, -0.05) is 13.8 Å². The average Bonchev–Trinajstić information content (AvgIpc) is 2.67. The van der Waals surface area contributed by atoms with Crippen LogP contribution >= 0.6 is 0 Å². The summed E-state index contributed by atoms with van der Waals surface area (Å²) in [5.74, 6) is 1.71. The summed E-state index contributed by atoms with van der Waals surface area (Å²) in [5.41, 5.74) is 2.13. The second-order valence-electron chi connectivity index (χ2n) is 5.00. The van der Waals surface area contributed by atoms with Crippen LogP contribution in [-0.2, 0) is 6.42 Å². The molecule has 2 aromatic heterocycles. The Bertz CT molecular complexity index is 529. The van der Waals surface area contributed by atoms with Crippen LogP contribution in [0, 0.1) is 13.8 Å². The lowest BCUT2D eigenvalue weighted by molar-refractivity contribution is 0.564. The summed E-state index contributed by atoms with van der Waals surface area (Å²) < 4.78 is 2.04. The first-order valence-electron chi connectivity index (χ1n) is 6.49. The van der Waals surface area contributed by atoms with Crippen LogP contribution in [0.25, 0.3) is 5.78 Å². The zero-order valence-corrected chi connectivity index (χ0v) is 11.6. The van der Waals surface area contributed by atoms with E-state index in [0.29, 0.717) is 11.8 Å². The lowest BCUT2D eigenvalue weighted by Gasteiger charge is -2.07. The molecular formula is C13H21N5. The molecular weight excluding hydrogens is 226 g/mol. The SMILES string of the molecule is Cc1cc(C)n2c(CCCNC(C)C)nnc2n1. The van der Waals surface area contributed by atoms with E-state index in [2.05, 4.69) is 47.3 Å².